The van der Waals surface area contributed by atoms with Gasteiger partial charge in [0, 0.05) is 21.1 Å². The molecular formula is C14H11BrCl2FN. The van der Waals surface area contributed by atoms with Crippen molar-refractivity contribution in [1.82, 2.24) is 0 Å². The van der Waals surface area contributed by atoms with Crippen LogP contribution < -0.4 is 5.73 Å². The summed E-state index contributed by atoms with van der Waals surface area (Å²) in [5.41, 5.74) is 7.40. The van der Waals surface area contributed by atoms with Gasteiger partial charge in [0.25, 0.3) is 0 Å². The van der Waals surface area contributed by atoms with Crippen LogP contribution in [-0.4, -0.2) is 0 Å². The fraction of sp³-hybridized carbons (Fsp3) is 0.143. The summed E-state index contributed by atoms with van der Waals surface area (Å²) in [6, 6.07) is 9.68. The molecule has 2 N–H and O–H groups in total. The second-order valence-electron chi connectivity index (χ2n) is 4.18. The minimum atomic E-state index is -0.344. The SMILES string of the molecule is NC(Cc1c(F)cccc1Cl)c1ccc(Cl)c(Br)c1. The summed E-state index contributed by atoms with van der Waals surface area (Å²) >= 11 is 15.3. The third-order valence-corrected chi connectivity index (χ3v) is 4.43. The van der Waals surface area contributed by atoms with Gasteiger partial charge >= 0.3 is 0 Å². The molecule has 2 aromatic rings. The molecule has 0 aromatic heterocycles. The van der Waals surface area contributed by atoms with E-state index in [1.54, 1.807) is 18.2 Å². The maximum atomic E-state index is 13.7. The summed E-state index contributed by atoms with van der Waals surface area (Å²) in [5, 5.41) is 1.00. The smallest absolute Gasteiger partial charge is 0.127 e. The van der Waals surface area contributed by atoms with E-state index >= 15 is 0 Å². The van der Waals surface area contributed by atoms with E-state index in [2.05, 4.69) is 15.9 Å². The van der Waals surface area contributed by atoms with Crippen LogP contribution in [0.5, 0.6) is 0 Å². The number of halogens is 4. The Balaban J connectivity index is 2.25. The van der Waals surface area contributed by atoms with Crippen molar-refractivity contribution in [3.8, 4) is 0 Å². The van der Waals surface area contributed by atoms with Gasteiger partial charge in [0.2, 0.25) is 0 Å². The average molecular weight is 363 g/mol. The lowest BCUT2D eigenvalue weighted by Gasteiger charge is -2.14. The van der Waals surface area contributed by atoms with Gasteiger partial charge in [0.1, 0.15) is 5.82 Å². The van der Waals surface area contributed by atoms with Crippen molar-refractivity contribution in [2.24, 2.45) is 5.73 Å². The lowest BCUT2D eigenvalue weighted by atomic mass is 9.99. The predicted octanol–water partition coefficient (Wildman–Crippen LogP) is 5.14. The highest BCUT2D eigenvalue weighted by atomic mass is 79.9. The van der Waals surface area contributed by atoms with Gasteiger partial charge in [-0.1, -0.05) is 35.3 Å². The summed E-state index contributed by atoms with van der Waals surface area (Å²) in [6.45, 7) is 0. The van der Waals surface area contributed by atoms with Crippen LogP contribution in [-0.2, 0) is 6.42 Å². The van der Waals surface area contributed by atoms with E-state index in [0.717, 1.165) is 10.0 Å². The molecule has 0 aliphatic heterocycles. The van der Waals surface area contributed by atoms with Crippen molar-refractivity contribution in [1.29, 1.82) is 0 Å². The Labute approximate surface area is 129 Å². The van der Waals surface area contributed by atoms with Crippen molar-refractivity contribution >= 4 is 39.1 Å². The topological polar surface area (TPSA) is 26.0 Å². The molecule has 1 atom stereocenters. The number of rotatable bonds is 3. The second kappa shape index (κ2) is 6.23. The quantitative estimate of drug-likeness (QED) is 0.803. The van der Waals surface area contributed by atoms with Gasteiger partial charge in [-0.05, 0) is 52.2 Å². The number of benzene rings is 2. The van der Waals surface area contributed by atoms with Gasteiger partial charge in [0.05, 0.1) is 5.02 Å². The molecule has 0 saturated heterocycles. The van der Waals surface area contributed by atoms with Crippen LogP contribution in [0.3, 0.4) is 0 Å². The van der Waals surface area contributed by atoms with Crippen LogP contribution in [0.2, 0.25) is 10.0 Å². The third kappa shape index (κ3) is 3.48. The number of hydrogen-bond acceptors (Lipinski definition) is 1. The minimum absolute atomic E-state index is 0.333. The monoisotopic (exact) mass is 361 g/mol. The Bertz CT molecular complexity index is 584. The van der Waals surface area contributed by atoms with Gasteiger partial charge in [-0.15, -0.1) is 0 Å². The van der Waals surface area contributed by atoms with Crippen LogP contribution in [0.1, 0.15) is 17.2 Å². The summed E-state index contributed by atoms with van der Waals surface area (Å²) in [4.78, 5) is 0. The molecule has 0 amide bonds. The molecule has 0 aliphatic carbocycles. The van der Waals surface area contributed by atoms with Gasteiger partial charge in [-0.2, -0.15) is 0 Å². The zero-order valence-corrected chi connectivity index (χ0v) is 12.9. The first-order valence-electron chi connectivity index (χ1n) is 5.62. The molecule has 2 aromatic carbocycles. The Morgan fingerprint density at radius 2 is 1.89 bits per heavy atom. The van der Waals surface area contributed by atoms with E-state index in [4.69, 9.17) is 28.9 Å². The Hall–Kier alpha value is -0.610. The second-order valence-corrected chi connectivity index (χ2v) is 5.85. The largest absolute Gasteiger partial charge is 0.324 e. The minimum Gasteiger partial charge on any atom is -0.324 e. The molecule has 19 heavy (non-hydrogen) atoms. The average Bonchev–Trinajstić information content (AvgIpc) is 2.37. The van der Waals surface area contributed by atoms with E-state index in [1.165, 1.54) is 6.07 Å². The zero-order chi connectivity index (χ0) is 14.0. The highest BCUT2D eigenvalue weighted by Gasteiger charge is 2.14. The molecule has 1 unspecified atom stereocenters. The summed E-state index contributed by atoms with van der Waals surface area (Å²) in [6.07, 6.45) is 0.333. The first-order chi connectivity index (χ1) is 8.99. The molecule has 2 rings (SSSR count). The van der Waals surface area contributed by atoms with Crippen LogP contribution in [0.4, 0.5) is 4.39 Å². The summed E-state index contributed by atoms with van der Waals surface area (Å²) < 4.78 is 14.5. The van der Waals surface area contributed by atoms with Crippen LogP contribution in [0.15, 0.2) is 40.9 Å². The standard InChI is InChI=1S/C14H11BrCl2FN/c15-10-6-8(4-5-12(10)17)14(19)7-9-11(16)2-1-3-13(9)18/h1-6,14H,7,19H2. The molecule has 0 heterocycles. The Morgan fingerprint density at radius 3 is 2.53 bits per heavy atom. The van der Waals surface area contributed by atoms with Gasteiger partial charge in [0.15, 0.2) is 0 Å². The molecule has 0 spiro atoms. The van der Waals surface area contributed by atoms with E-state index in [1.807, 2.05) is 12.1 Å². The first-order valence-corrected chi connectivity index (χ1v) is 7.17. The molecule has 5 heteroatoms. The normalized spacial score (nSPS) is 12.5. The molecule has 100 valence electrons. The zero-order valence-electron chi connectivity index (χ0n) is 9.84. The van der Waals surface area contributed by atoms with Gasteiger partial charge < -0.3 is 5.73 Å². The highest BCUT2D eigenvalue weighted by molar-refractivity contribution is 9.10. The van der Waals surface area contributed by atoms with Crippen molar-refractivity contribution in [3.05, 3.63) is 67.9 Å². The summed E-state index contributed by atoms with van der Waals surface area (Å²) in [5.74, 6) is -0.337. The molecule has 0 bridgehead atoms. The lowest BCUT2D eigenvalue weighted by Crippen LogP contribution is -2.14. The van der Waals surface area contributed by atoms with E-state index in [9.17, 15) is 4.39 Å². The number of nitrogens with two attached hydrogens (primary N) is 1. The molecule has 1 nitrogen and oxygen atoms in total. The molecule has 0 saturated carbocycles. The van der Waals surface area contributed by atoms with Crippen LogP contribution in [0, 0.1) is 5.82 Å². The first kappa shape index (κ1) is 14.8. The van der Waals surface area contributed by atoms with E-state index in [-0.39, 0.29) is 11.9 Å². The fourth-order valence-electron chi connectivity index (χ4n) is 1.81. The molecular weight excluding hydrogens is 352 g/mol. The summed E-state index contributed by atoms with van der Waals surface area (Å²) in [7, 11) is 0. The van der Waals surface area contributed by atoms with Crippen LogP contribution >= 0.6 is 39.1 Å². The third-order valence-electron chi connectivity index (χ3n) is 2.86. The van der Waals surface area contributed by atoms with E-state index < -0.39 is 0 Å². The van der Waals surface area contributed by atoms with Gasteiger partial charge in [-0.3, -0.25) is 0 Å². The predicted molar refractivity (Wildman–Crippen MR) is 81.2 cm³/mol. The molecule has 0 fully saturated rings. The maximum absolute atomic E-state index is 13.7. The fourth-order valence-corrected chi connectivity index (χ4v) is 2.56. The molecule has 0 aliphatic rings. The van der Waals surface area contributed by atoms with Crippen molar-refractivity contribution in [2.45, 2.75) is 12.5 Å². The van der Waals surface area contributed by atoms with Crippen molar-refractivity contribution in [2.75, 3.05) is 0 Å². The van der Waals surface area contributed by atoms with Gasteiger partial charge in [-0.25, -0.2) is 4.39 Å². The van der Waals surface area contributed by atoms with E-state index in [0.29, 0.717) is 22.0 Å². The van der Waals surface area contributed by atoms with Crippen molar-refractivity contribution in [3.63, 3.8) is 0 Å². The Morgan fingerprint density at radius 1 is 1.16 bits per heavy atom. The highest BCUT2D eigenvalue weighted by Crippen LogP contribution is 2.28. The Kier molecular flexibility index (Phi) is 4.85. The molecule has 0 radical (unpaired) electrons. The van der Waals surface area contributed by atoms with Crippen molar-refractivity contribution < 1.29 is 4.39 Å². The number of hydrogen-bond donors (Lipinski definition) is 1. The lowest BCUT2D eigenvalue weighted by molar-refractivity contribution is 0.593. The maximum Gasteiger partial charge on any atom is 0.127 e. The van der Waals surface area contributed by atoms with Crippen LogP contribution in [0.25, 0.3) is 0 Å².